The number of aromatic amines is 1. The molecule has 11 unspecified atom stereocenters. The minimum absolute atomic E-state index is 0. The summed E-state index contributed by atoms with van der Waals surface area (Å²) in [7, 11) is -11.1. The van der Waals surface area contributed by atoms with Crippen molar-refractivity contribution in [2.45, 2.75) is 55.2 Å². The van der Waals surface area contributed by atoms with E-state index in [-0.39, 0.29) is 35.0 Å². The molecule has 0 bridgehead atoms. The van der Waals surface area contributed by atoms with E-state index in [2.05, 4.69) is 13.4 Å². The van der Waals surface area contributed by atoms with Crippen molar-refractivity contribution in [3.8, 4) is 0 Å². The first-order valence-electron chi connectivity index (χ1n) is 9.99. The number of ether oxygens (including phenoxy) is 2. The first-order valence-corrected chi connectivity index (χ1v) is 13.0. The minimum Gasteiger partial charge on any atom is -0.412 e. The smallest absolute Gasteiger partial charge is 0.412 e. The van der Waals surface area contributed by atoms with Crippen LogP contribution in [0.3, 0.4) is 0 Å². The van der Waals surface area contributed by atoms with Crippen LogP contribution in [0.15, 0.2) is 21.9 Å². The number of hydrogen-bond acceptors (Lipinski definition) is 15. The summed E-state index contributed by atoms with van der Waals surface area (Å²) in [6, 6.07) is 0.928. The van der Waals surface area contributed by atoms with E-state index < -0.39 is 95.4 Å². The number of phosphoric acid groups is 2. The van der Waals surface area contributed by atoms with E-state index in [9.17, 15) is 54.0 Å². The van der Waals surface area contributed by atoms with Crippen molar-refractivity contribution in [2.75, 3.05) is 13.2 Å². The SMILES string of the molecule is O.O=c1ccn(C2OC(COP(=O)(O)OP(=O)(O)OC3OC(CO)C(O)C(O)C3O)C(O)C2O)c(=O)[nH]1.[Na]. The molecule has 2 saturated heterocycles. The summed E-state index contributed by atoms with van der Waals surface area (Å²) in [6.07, 6.45) is -15.4. The van der Waals surface area contributed by atoms with Crippen molar-refractivity contribution in [1.82, 2.24) is 9.55 Å². The zero-order valence-electron chi connectivity index (χ0n) is 19.4. The number of phosphoric ester groups is 2. The number of aromatic nitrogens is 2. The molecular formula is C15H26N2NaO18P2. The Kier molecular flexibility index (Phi) is 13.1. The van der Waals surface area contributed by atoms with Crippen LogP contribution in [0.4, 0.5) is 0 Å². The monoisotopic (exact) mass is 607 g/mol. The van der Waals surface area contributed by atoms with E-state index in [1.54, 1.807) is 0 Å². The first kappa shape index (κ1) is 35.6. The number of aliphatic hydroxyl groups excluding tert-OH is 6. The van der Waals surface area contributed by atoms with Gasteiger partial charge < -0.3 is 55.4 Å². The van der Waals surface area contributed by atoms with E-state index in [0.29, 0.717) is 0 Å². The molecule has 1 radical (unpaired) electrons. The van der Waals surface area contributed by atoms with Gasteiger partial charge >= 0.3 is 21.3 Å². The van der Waals surface area contributed by atoms with Crippen LogP contribution in [-0.2, 0) is 32.0 Å². The Morgan fingerprint density at radius 2 is 1.53 bits per heavy atom. The van der Waals surface area contributed by atoms with Crippen molar-refractivity contribution in [3.05, 3.63) is 33.1 Å². The van der Waals surface area contributed by atoms with Crippen molar-refractivity contribution in [3.63, 3.8) is 0 Å². The molecule has 0 amide bonds. The number of H-pyrrole nitrogens is 1. The first-order chi connectivity index (χ1) is 16.7. The molecule has 0 spiro atoms. The normalized spacial score (nSPS) is 36.4. The van der Waals surface area contributed by atoms with Gasteiger partial charge in [0.25, 0.3) is 5.56 Å². The van der Waals surface area contributed by atoms with Gasteiger partial charge in [0.1, 0.15) is 42.7 Å². The molecule has 215 valence electrons. The fourth-order valence-electron chi connectivity index (χ4n) is 3.35. The summed E-state index contributed by atoms with van der Waals surface area (Å²) < 4.78 is 48.1. The predicted molar refractivity (Wildman–Crippen MR) is 118 cm³/mol. The average molecular weight is 607 g/mol. The van der Waals surface area contributed by atoms with E-state index in [1.807, 2.05) is 4.98 Å². The van der Waals surface area contributed by atoms with E-state index >= 15 is 0 Å². The van der Waals surface area contributed by atoms with Gasteiger partial charge in [-0.2, -0.15) is 4.31 Å². The van der Waals surface area contributed by atoms with Crippen molar-refractivity contribution >= 4 is 45.2 Å². The van der Waals surface area contributed by atoms with Gasteiger partial charge in [0.15, 0.2) is 12.5 Å². The van der Waals surface area contributed by atoms with Crippen LogP contribution < -0.4 is 11.2 Å². The van der Waals surface area contributed by atoms with Gasteiger partial charge in [-0.3, -0.25) is 23.4 Å². The van der Waals surface area contributed by atoms with Crippen LogP contribution in [0, 0.1) is 0 Å². The molecule has 0 aromatic carbocycles. The second-order valence-corrected chi connectivity index (χ2v) is 10.7. The van der Waals surface area contributed by atoms with Gasteiger partial charge in [0.2, 0.25) is 0 Å². The van der Waals surface area contributed by atoms with Gasteiger partial charge in [-0.1, -0.05) is 0 Å². The fourth-order valence-corrected chi connectivity index (χ4v) is 5.51. The molecular weight excluding hydrogens is 581 g/mol. The summed E-state index contributed by atoms with van der Waals surface area (Å²) in [4.78, 5) is 44.5. The molecule has 0 aliphatic carbocycles. The van der Waals surface area contributed by atoms with Crippen LogP contribution in [0.2, 0.25) is 0 Å². The largest absolute Gasteiger partial charge is 0.483 e. The molecule has 38 heavy (non-hydrogen) atoms. The molecule has 20 nitrogen and oxygen atoms in total. The molecule has 3 rings (SSSR count). The number of rotatable bonds is 9. The summed E-state index contributed by atoms with van der Waals surface area (Å²) in [5, 5.41) is 58.6. The molecule has 11 N–H and O–H groups in total. The predicted octanol–water partition coefficient (Wildman–Crippen LogP) is -6.00. The van der Waals surface area contributed by atoms with Crippen LogP contribution in [0.1, 0.15) is 6.23 Å². The summed E-state index contributed by atoms with van der Waals surface area (Å²) in [5.41, 5.74) is -1.75. The second kappa shape index (κ2) is 14.0. The third kappa shape index (κ3) is 8.30. The molecule has 1 aromatic heterocycles. The zero-order valence-corrected chi connectivity index (χ0v) is 23.1. The third-order valence-electron chi connectivity index (χ3n) is 5.16. The maximum Gasteiger partial charge on any atom is 0.483 e. The van der Waals surface area contributed by atoms with E-state index in [4.69, 9.17) is 14.6 Å². The topological polar surface area (TPSA) is 328 Å². The number of nitrogens with one attached hydrogen (secondary N) is 1. The van der Waals surface area contributed by atoms with Crippen molar-refractivity contribution in [2.24, 2.45) is 0 Å². The Morgan fingerprint density at radius 3 is 2.11 bits per heavy atom. The molecule has 23 heteroatoms. The van der Waals surface area contributed by atoms with Crippen LogP contribution >= 0.6 is 15.6 Å². The third-order valence-corrected chi connectivity index (χ3v) is 7.76. The van der Waals surface area contributed by atoms with Crippen molar-refractivity contribution < 1.29 is 77.9 Å². The summed E-state index contributed by atoms with van der Waals surface area (Å²) >= 11 is 0. The second-order valence-electron chi connectivity index (χ2n) is 7.68. The van der Waals surface area contributed by atoms with E-state index in [1.165, 1.54) is 0 Å². The Labute approximate surface area is 233 Å². The summed E-state index contributed by atoms with van der Waals surface area (Å²) in [5.74, 6) is 0. The quantitative estimate of drug-likeness (QED) is 0.0931. The zero-order chi connectivity index (χ0) is 27.0. The van der Waals surface area contributed by atoms with Crippen LogP contribution in [0.25, 0.3) is 0 Å². The molecule has 3 heterocycles. The van der Waals surface area contributed by atoms with Gasteiger partial charge in [0.05, 0.1) is 13.2 Å². The minimum atomic E-state index is -5.59. The van der Waals surface area contributed by atoms with Gasteiger partial charge in [-0.05, 0) is 0 Å². The molecule has 2 fully saturated rings. The van der Waals surface area contributed by atoms with Gasteiger partial charge in [0, 0.05) is 41.8 Å². The van der Waals surface area contributed by atoms with Gasteiger partial charge in [-0.15, -0.1) is 0 Å². The molecule has 1 aromatic rings. The van der Waals surface area contributed by atoms with Gasteiger partial charge in [-0.25, -0.2) is 13.9 Å². The number of hydrogen-bond donors (Lipinski definition) is 9. The Bertz CT molecular complexity index is 1130. The fraction of sp³-hybridized carbons (Fsp3) is 0.733. The number of aliphatic hydroxyl groups is 6. The summed E-state index contributed by atoms with van der Waals surface area (Å²) in [6.45, 7) is -1.93. The van der Waals surface area contributed by atoms with E-state index in [0.717, 1.165) is 16.8 Å². The van der Waals surface area contributed by atoms with Crippen molar-refractivity contribution in [1.29, 1.82) is 0 Å². The molecule has 2 aliphatic heterocycles. The Balaban J connectivity index is 0.00000361. The maximum absolute atomic E-state index is 12.2. The standard InChI is InChI=1S/C15H24N2O17P2.Na.H2O/c18-3-5-8(20)10(22)12(24)14(32-5)33-36(28,29)34-35(26,27)30-4-6-9(21)11(23)13(31-6)17-2-1-7(19)16-15(17)25;;/h1-2,5-6,8-14,18,20-24H,3-4H2,(H,26,27)(H,28,29)(H,16,19,25);;1H2. The Hall–Kier alpha value is -0.420. The van der Waals surface area contributed by atoms with Crippen LogP contribution in [0.5, 0.6) is 0 Å². The molecule has 11 atom stereocenters. The molecule has 0 saturated carbocycles. The maximum atomic E-state index is 12.2. The molecule has 2 aliphatic rings. The average Bonchev–Trinajstić information content (AvgIpc) is 3.06. The number of nitrogens with zero attached hydrogens (tertiary/aromatic N) is 1. The Morgan fingerprint density at radius 1 is 0.921 bits per heavy atom. The van der Waals surface area contributed by atoms with Crippen LogP contribution in [-0.4, -0.2) is 147 Å².